The van der Waals surface area contributed by atoms with Gasteiger partial charge in [-0.3, -0.25) is 9.89 Å². The lowest BCUT2D eigenvalue weighted by molar-refractivity contribution is -0.128. The van der Waals surface area contributed by atoms with Crippen molar-refractivity contribution in [2.24, 2.45) is 0 Å². The number of fused-ring (bicyclic) bond motifs is 2. The minimum absolute atomic E-state index is 0.149. The maximum absolute atomic E-state index is 16.8. The Morgan fingerprint density at radius 1 is 1.21 bits per heavy atom. The third-order valence-electron chi connectivity index (χ3n) is 8.38. The molecule has 10 nitrogen and oxygen atoms in total. The first-order chi connectivity index (χ1) is 20.2. The van der Waals surface area contributed by atoms with Gasteiger partial charge in [-0.1, -0.05) is 24.2 Å². The van der Waals surface area contributed by atoms with Crippen molar-refractivity contribution >= 4 is 51.1 Å². The summed E-state index contributed by atoms with van der Waals surface area (Å²) in [6.07, 6.45) is 3.09. The number of piperazine rings is 1. The fourth-order valence-electron chi connectivity index (χ4n) is 5.92. The van der Waals surface area contributed by atoms with Crippen LogP contribution in [0.15, 0.2) is 37.1 Å². The number of carbonyl (C=O) groups excluding carboxylic acids is 1. The second-order valence-corrected chi connectivity index (χ2v) is 11.5. The summed E-state index contributed by atoms with van der Waals surface area (Å²) in [6, 6.07) is 7.71. The second kappa shape index (κ2) is 10.9. The highest BCUT2D eigenvalue weighted by Crippen LogP contribution is 2.42. The Balaban J connectivity index is 1.52. The molecular weight excluding hydrogens is 557 g/mol. The zero-order valence-electron chi connectivity index (χ0n) is 23.7. The molecule has 0 spiro atoms. The van der Waals surface area contributed by atoms with E-state index in [9.17, 15) is 10.1 Å². The second-order valence-electron chi connectivity index (χ2n) is 11.1. The number of nitrogens with zero attached hydrogens (tertiary/aromatic N) is 8. The average molecular weight is 588 g/mol. The van der Waals surface area contributed by atoms with E-state index < -0.39 is 5.82 Å². The molecule has 1 atom stereocenters. The van der Waals surface area contributed by atoms with Crippen LogP contribution in [0.1, 0.15) is 12.0 Å². The average Bonchev–Trinajstić information content (AvgIpc) is 3.42. The lowest BCUT2D eigenvalue weighted by Gasteiger charge is -2.44. The van der Waals surface area contributed by atoms with Gasteiger partial charge in [-0.25, -0.2) is 9.37 Å². The molecule has 2 aliphatic rings. The maximum atomic E-state index is 16.8. The van der Waals surface area contributed by atoms with Crippen LogP contribution in [-0.4, -0.2) is 94.8 Å². The van der Waals surface area contributed by atoms with Gasteiger partial charge in [-0.05, 0) is 44.8 Å². The van der Waals surface area contributed by atoms with Gasteiger partial charge in [0.05, 0.1) is 35.3 Å². The van der Waals surface area contributed by atoms with Gasteiger partial charge in [-0.15, -0.1) is 0 Å². The smallest absolute Gasteiger partial charge is 0.246 e. The third-order valence-corrected chi connectivity index (χ3v) is 8.67. The number of aromatic nitrogens is 4. The number of carbonyl (C=O) groups is 1. The molecule has 4 aromatic rings. The van der Waals surface area contributed by atoms with E-state index in [0.717, 1.165) is 16.5 Å². The Morgan fingerprint density at radius 2 is 2.00 bits per heavy atom. The SMILES string of the molecule is C=CC(=O)N1CCN(c2nc(N3CC(N(C)C)C3)nc3c(F)c(-c4c(C)ccc5[nH]ncc45)c(Cl)cc23)CC1CC#N. The van der Waals surface area contributed by atoms with Crippen molar-refractivity contribution in [2.45, 2.75) is 25.4 Å². The van der Waals surface area contributed by atoms with Gasteiger partial charge in [0.2, 0.25) is 11.9 Å². The molecule has 0 aliphatic carbocycles. The van der Waals surface area contributed by atoms with E-state index in [2.05, 4.69) is 27.7 Å². The summed E-state index contributed by atoms with van der Waals surface area (Å²) >= 11 is 6.88. The van der Waals surface area contributed by atoms with Crippen molar-refractivity contribution < 1.29 is 9.18 Å². The van der Waals surface area contributed by atoms with Crippen LogP contribution in [0.5, 0.6) is 0 Å². The summed E-state index contributed by atoms with van der Waals surface area (Å²) < 4.78 is 16.8. The zero-order chi connectivity index (χ0) is 29.7. The molecule has 2 aliphatic heterocycles. The molecular formula is C30H31ClFN9O. The summed E-state index contributed by atoms with van der Waals surface area (Å²) in [5.41, 5.74) is 2.74. The van der Waals surface area contributed by atoms with E-state index >= 15 is 4.39 Å². The molecule has 42 heavy (non-hydrogen) atoms. The molecule has 216 valence electrons. The fourth-order valence-corrected chi connectivity index (χ4v) is 6.21. The molecule has 2 aromatic carbocycles. The van der Waals surface area contributed by atoms with Crippen LogP contribution in [0.3, 0.4) is 0 Å². The number of aryl methyl sites for hydroxylation is 1. The van der Waals surface area contributed by atoms with E-state index in [1.807, 2.05) is 43.0 Å². The van der Waals surface area contributed by atoms with Gasteiger partial charge >= 0.3 is 0 Å². The largest absolute Gasteiger partial charge is 0.352 e. The molecule has 2 saturated heterocycles. The molecule has 1 unspecified atom stereocenters. The van der Waals surface area contributed by atoms with Crippen molar-refractivity contribution in [3.63, 3.8) is 0 Å². The predicted molar refractivity (Wildman–Crippen MR) is 162 cm³/mol. The molecule has 1 N–H and O–H groups in total. The molecule has 0 saturated carbocycles. The van der Waals surface area contributed by atoms with Crippen molar-refractivity contribution in [2.75, 3.05) is 56.6 Å². The number of rotatable bonds is 6. The number of hydrogen-bond donors (Lipinski definition) is 1. The number of nitrogens with one attached hydrogen (secondary N) is 1. The van der Waals surface area contributed by atoms with Crippen LogP contribution in [0.2, 0.25) is 5.02 Å². The highest BCUT2D eigenvalue weighted by molar-refractivity contribution is 6.35. The Kier molecular flexibility index (Phi) is 7.20. The first-order valence-corrected chi connectivity index (χ1v) is 14.2. The van der Waals surface area contributed by atoms with Gasteiger partial charge in [0.1, 0.15) is 11.3 Å². The fraction of sp³-hybridized carbons (Fsp3) is 0.367. The van der Waals surface area contributed by atoms with E-state index in [4.69, 9.17) is 21.6 Å². The van der Waals surface area contributed by atoms with E-state index in [0.29, 0.717) is 61.5 Å². The van der Waals surface area contributed by atoms with Gasteiger partial charge in [-0.2, -0.15) is 15.3 Å². The topological polar surface area (TPSA) is 108 Å². The van der Waals surface area contributed by atoms with Crippen molar-refractivity contribution in [1.82, 2.24) is 30.0 Å². The Hall–Kier alpha value is -4.27. The maximum Gasteiger partial charge on any atom is 0.246 e. The Morgan fingerprint density at radius 3 is 2.71 bits per heavy atom. The van der Waals surface area contributed by atoms with Crippen LogP contribution in [0.4, 0.5) is 16.2 Å². The quantitative estimate of drug-likeness (QED) is 0.335. The summed E-state index contributed by atoms with van der Waals surface area (Å²) in [4.78, 5) is 30.1. The monoisotopic (exact) mass is 587 g/mol. The number of anilines is 2. The molecule has 12 heteroatoms. The lowest BCUT2D eigenvalue weighted by Crippen LogP contribution is -2.58. The molecule has 4 heterocycles. The number of halogens is 2. The first-order valence-electron chi connectivity index (χ1n) is 13.8. The minimum atomic E-state index is -0.530. The van der Waals surface area contributed by atoms with E-state index in [-0.39, 0.29) is 34.5 Å². The first kappa shape index (κ1) is 27.9. The number of aromatic amines is 1. The van der Waals surface area contributed by atoms with E-state index in [1.165, 1.54) is 6.08 Å². The standard InChI is InChI=1S/C30H31ClFN9O/c1-5-24(42)41-11-10-39(14-18(41)8-9-33)29-20-12-22(31)26(25-17(2)6-7-23-21(25)13-34-37-23)27(32)28(20)35-30(36-29)40-15-19(16-40)38(3)4/h5-7,12-13,18-19H,1,8,10-11,14-16H2,2-4H3,(H,34,37). The number of likely N-dealkylation sites (N-methyl/N-ethyl adjacent to an activating group) is 1. The molecule has 6 rings (SSSR count). The zero-order valence-corrected chi connectivity index (χ0v) is 24.5. The van der Waals surface area contributed by atoms with Gasteiger partial charge in [0.25, 0.3) is 0 Å². The number of hydrogen-bond acceptors (Lipinski definition) is 8. The number of H-pyrrole nitrogens is 1. The predicted octanol–water partition coefficient (Wildman–Crippen LogP) is 4.14. The number of amides is 1. The van der Waals surface area contributed by atoms with Crippen molar-refractivity contribution in [1.29, 1.82) is 5.26 Å². The number of benzene rings is 2. The number of nitriles is 1. The van der Waals surface area contributed by atoms with Crippen LogP contribution < -0.4 is 9.80 Å². The summed E-state index contributed by atoms with van der Waals surface area (Å²) in [6.45, 7) is 8.13. The Labute approximate surface area is 248 Å². The molecule has 0 bridgehead atoms. The van der Waals surface area contributed by atoms with Crippen molar-refractivity contribution in [3.8, 4) is 17.2 Å². The highest BCUT2D eigenvalue weighted by Gasteiger charge is 2.35. The lowest BCUT2D eigenvalue weighted by atomic mass is 9.95. The minimum Gasteiger partial charge on any atom is -0.352 e. The molecule has 2 aromatic heterocycles. The summed E-state index contributed by atoms with van der Waals surface area (Å²) in [5, 5.41) is 18.1. The highest BCUT2D eigenvalue weighted by atomic mass is 35.5. The van der Waals surface area contributed by atoms with Gasteiger partial charge < -0.3 is 19.6 Å². The molecule has 2 fully saturated rings. The summed E-state index contributed by atoms with van der Waals surface area (Å²) in [7, 11) is 4.06. The molecule has 1 amide bonds. The third kappa shape index (κ3) is 4.61. The van der Waals surface area contributed by atoms with Crippen LogP contribution in [-0.2, 0) is 4.79 Å². The van der Waals surface area contributed by atoms with Crippen LogP contribution >= 0.6 is 11.6 Å². The molecule has 0 radical (unpaired) electrons. The van der Waals surface area contributed by atoms with Crippen LogP contribution in [0.25, 0.3) is 32.9 Å². The van der Waals surface area contributed by atoms with Gasteiger partial charge in [0.15, 0.2) is 5.82 Å². The van der Waals surface area contributed by atoms with Gasteiger partial charge in [0, 0.05) is 60.7 Å². The van der Waals surface area contributed by atoms with Crippen LogP contribution in [0, 0.1) is 24.1 Å². The Bertz CT molecular complexity index is 1760. The summed E-state index contributed by atoms with van der Waals surface area (Å²) in [5.74, 6) is 0.212. The van der Waals surface area contributed by atoms with E-state index in [1.54, 1.807) is 17.2 Å². The van der Waals surface area contributed by atoms with Crippen molar-refractivity contribution in [3.05, 3.63) is 53.5 Å². The normalized spacial score (nSPS) is 17.6.